The molecular weight excluding hydrogens is 366 g/mol. The summed E-state index contributed by atoms with van der Waals surface area (Å²) in [7, 11) is 1.81. The van der Waals surface area contributed by atoms with Crippen molar-refractivity contribution in [3.63, 3.8) is 0 Å². The number of aliphatic imine (C=N–C) groups is 1. The highest BCUT2D eigenvalue weighted by Gasteiger charge is 2.25. The first kappa shape index (κ1) is 20.8. The Morgan fingerprint density at radius 1 is 1.17 bits per heavy atom. The lowest BCUT2D eigenvalue weighted by Gasteiger charge is -2.36. The van der Waals surface area contributed by atoms with E-state index in [4.69, 9.17) is 4.42 Å². The fourth-order valence-corrected chi connectivity index (χ4v) is 3.61. The van der Waals surface area contributed by atoms with E-state index in [-0.39, 0.29) is 5.91 Å². The van der Waals surface area contributed by atoms with Crippen LogP contribution in [0.25, 0.3) is 0 Å². The van der Waals surface area contributed by atoms with Gasteiger partial charge in [-0.05, 0) is 43.7 Å². The largest absolute Gasteiger partial charge is 0.459 e. The number of likely N-dealkylation sites (N-methyl/N-ethyl adjacent to an activating group) is 1. The summed E-state index contributed by atoms with van der Waals surface area (Å²) in [5, 5.41) is 3.47. The first-order valence-electron chi connectivity index (χ1n) is 10.2. The van der Waals surface area contributed by atoms with E-state index < -0.39 is 0 Å². The van der Waals surface area contributed by atoms with Crippen LogP contribution in [0.2, 0.25) is 0 Å². The zero-order valence-corrected chi connectivity index (χ0v) is 17.6. The lowest BCUT2D eigenvalue weighted by molar-refractivity contribution is 0.0658. The molecule has 0 spiro atoms. The minimum Gasteiger partial charge on any atom is -0.459 e. The van der Waals surface area contributed by atoms with Crippen LogP contribution in [-0.2, 0) is 0 Å². The van der Waals surface area contributed by atoms with Crippen molar-refractivity contribution in [2.24, 2.45) is 4.99 Å². The van der Waals surface area contributed by atoms with E-state index in [1.165, 1.54) is 17.5 Å². The Morgan fingerprint density at radius 3 is 2.55 bits per heavy atom. The van der Waals surface area contributed by atoms with Gasteiger partial charge in [-0.15, -0.1) is 0 Å². The Labute approximate surface area is 173 Å². The summed E-state index contributed by atoms with van der Waals surface area (Å²) in [5.74, 6) is 1.24. The lowest BCUT2D eigenvalue weighted by atomic mass is 10.2. The number of hydrogen-bond donors (Lipinski definition) is 1. The van der Waals surface area contributed by atoms with Gasteiger partial charge in [0.25, 0.3) is 5.91 Å². The second-order valence-electron chi connectivity index (χ2n) is 7.15. The number of benzene rings is 1. The van der Waals surface area contributed by atoms with Gasteiger partial charge < -0.3 is 24.4 Å². The second kappa shape index (κ2) is 10.0. The molecule has 1 aliphatic rings. The van der Waals surface area contributed by atoms with Gasteiger partial charge in [0.1, 0.15) is 0 Å². The summed E-state index contributed by atoms with van der Waals surface area (Å²) in [6.07, 6.45) is 1.53. The third kappa shape index (κ3) is 5.31. The van der Waals surface area contributed by atoms with E-state index in [9.17, 15) is 4.79 Å². The third-order valence-electron chi connectivity index (χ3n) is 5.22. The van der Waals surface area contributed by atoms with Crippen molar-refractivity contribution < 1.29 is 9.21 Å². The van der Waals surface area contributed by atoms with Gasteiger partial charge in [-0.25, -0.2) is 0 Å². The number of nitrogens with zero attached hydrogens (tertiary/aromatic N) is 4. The Kier molecular flexibility index (Phi) is 7.16. The maximum Gasteiger partial charge on any atom is 0.289 e. The molecule has 1 saturated heterocycles. The second-order valence-corrected chi connectivity index (χ2v) is 7.15. The Bertz CT molecular complexity index is 810. The maximum atomic E-state index is 12.4. The summed E-state index contributed by atoms with van der Waals surface area (Å²) in [6, 6.07) is 12.0. The van der Waals surface area contributed by atoms with Crippen LogP contribution < -0.4 is 10.2 Å². The maximum absolute atomic E-state index is 12.4. The van der Waals surface area contributed by atoms with E-state index in [0.29, 0.717) is 18.8 Å². The summed E-state index contributed by atoms with van der Waals surface area (Å²) >= 11 is 0. The van der Waals surface area contributed by atoms with Crippen LogP contribution in [0.15, 0.2) is 52.1 Å². The molecular formula is C22H31N5O2. The molecule has 0 aliphatic carbocycles. The molecule has 1 amide bonds. The van der Waals surface area contributed by atoms with E-state index in [2.05, 4.69) is 58.2 Å². The lowest BCUT2D eigenvalue weighted by Crippen LogP contribution is -2.54. The number of rotatable bonds is 6. The fourth-order valence-electron chi connectivity index (χ4n) is 3.61. The number of furan rings is 1. The molecule has 2 heterocycles. The van der Waals surface area contributed by atoms with E-state index in [0.717, 1.165) is 38.7 Å². The highest BCUT2D eigenvalue weighted by atomic mass is 16.3. The van der Waals surface area contributed by atoms with Crippen LogP contribution in [0.5, 0.6) is 0 Å². The predicted octanol–water partition coefficient (Wildman–Crippen LogP) is 2.45. The van der Waals surface area contributed by atoms with Crippen LogP contribution in [0.1, 0.15) is 23.0 Å². The van der Waals surface area contributed by atoms with Crippen LogP contribution in [0.3, 0.4) is 0 Å². The standard InChI is InChI=1S/C22H31N5O2/c1-4-25(19-8-5-7-18(2)17-19)11-10-24-22(23-3)27-14-12-26(13-15-27)21(28)20-9-6-16-29-20/h5-9,16-17H,4,10-15H2,1-3H3,(H,23,24). The average molecular weight is 398 g/mol. The van der Waals surface area contributed by atoms with Gasteiger partial charge in [-0.2, -0.15) is 0 Å². The molecule has 1 fully saturated rings. The van der Waals surface area contributed by atoms with Gasteiger partial charge in [0.05, 0.1) is 6.26 Å². The Morgan fingerprint density at radius 2 is 1.93 bits per heavy atom. The van der Waals surface area contributed by atoms with Gasteiger partial charge in [-0.1, -0.05) is 12.1 Å². The molecule has 0 bridgehead atoms. The number of carbonyl (C=O) groups is 1. The topological polar surface area (TPSA) is 64.3 Å². The monoisotopic (exact) mass is 397 g/mol. The van der Waals surface area contributed by atoms with Crippen molar-refractivity contribution in [3.05, 3.63) is 54.0 Å². The molecule has 1 aliphatic heterocycles. The molecule has 3 rings (SSSR count). The van der Waals surface area contributed by atoms with Crippen molar-refractivity contribution in [3.8, 4) is 0 Å². The molecule has 1 aromatic carbocycles. The molecule has 2 aromatic rings. The molecule has 7 heteroatoms. The zero-order valence-electron chi connectivity index (χ0n) is 17.6. The van der Waals surface area contributed by atoms with Crippen LogP contribution in [0, 0.1) is 6.92 Å². The van der Waals surface area contributed by atoms with Crippen molar-refractivity contribution in [2.45, 2.75) is 13.8 Å². The summed E-state index contributed by atoms with van der Waals surface area (Å²) in [4.78, 5) is 23.2. The molecule has 1 N–H and O–H groups in total. The minimum atomic E-state index is -0.0469. The Balaban J connectivity index is 1.47. The van der Waals surface area contributed by atoms with Crippen LogP contribution in [-0.4, -0.2) is 74.5 Å². The molecule has 7 nitrogen and oxygen atoms in total. The fraction of sp³-hybridized carbons (Fsp3) is 0.455. The van der Waals surface area contributed by atoms with Crippen molar-refractivity contribution in [1.82, 2.24) is 15.1 Å². The predicted molar refractivity (Wildman–Crippen MR) is 117 cm³/mol. The first-order valence-corrected chi connectivity index (χ1v) is 10.2. The van der Waals surface area contributed by atoms with Crippen molar-refractivity contribution >= 4 is 17.6 Å². The van der Waals surface area contributed by atoms with E-state index in [1.54, 1.807) is 19.2 Å². The van der Waals surface area contributed by atoms with E-state index in [1.807, 2.05) is 4.90 Å². The van der Waals surface area contributed by atoms with Crippen molar-refractivity contribution in [2.75, 3.05) is 57.8 Å². The molecule has 0 saturated carbocycles. The number of amides is 1. The number of guanidine groups is 1. The number of nitrogens with one attached hydrogen (secondary N) is 1. The van der Waals surface area contributed by atoms with Gasteiger partial charge in [0, 0.05) is 58.5 Å². The zero-order chi connectivity index (χ0) is 20.6. The molecule has 0 atom stereocenters. The van der Waals surface area contributed by atoms with Gasteiger partial charge in [0.15, 0.2) is 11.7 Å². The normalized spacial score (nSPS) is 14.8. The van der Waals surface area contributed by atoms with Crippen molar-refractivity contribution in [1.29, 1.82) is 0 Å². The SMILES string of the molecule is CCN(CCNC(=NC)N1CCN(C(=O)c2ccco2)CC1)c1cccc(C)c1. The highest BCUT2D eigenvalue weighted by molar-refractivity contribution is 5.91. The van der Waals surface area contributed by atoms with Gasteiger partial charge >= 0.3 is 0 Å². The molecule has 1 aromatic heterocycles. The minimum absolute atomic E-state index is 0.0469. The number of anilines is 1. The highest BCUT2D eigenvalue weighted by Crippen LogP contribution is 2.15. The summed E-state index contributed by atoms with van der Waals surface area (Å²) in [5.41, 5.74) is 2.51. The number of carbonyl (C=O) groups excluding carboxylic acids is 1. The van der Waals surface area contributed by atoms with Crippen LogP contribution >= 0.6 is 0 Å². The van der Waals surface area contributed by atoms with Gasteiger partial charge in [-0.3, -0.25) is 9.79 Å². The van der Waals surface area contributed by atoms with Crippen LogP contribution in [0.4, 0.5) is 5.69 Å². The number of aryl methyl sites for hydroxylation is 1. The quantitative estimate of drug-likeness (QED) is 0.599. The van der Waals surface area contributed by atoms with Gasteiger partial charge in [0.2, 0.25) is 0 Å². The molecule has 0 radical (unpaired) electrons. The third-order valence-corrected chi connectivity index (χ3v) is 5.22. The smallest absolute Gasteiger partial charge is 0.289 e. The molecule has 156 valence electrons. The summed E-state index contributed by atoms with van der Waals surface area (Å²) < 4.78 is 5.23. The number of hydrogen-bond acceptors (Lipinski definition) is 4. The molecule has 29 heavy (non-hydrogen) atoms. The first-order chi connectivity index (χ1) is 14.1. The Hall–Kier alpha value is -2.96. The molecule has 0 unspecified atom stereocenters. The van der Waals surface area contributed by atoms with E-state index >= 15 is 0 Å². The number of piperazine rings is 1. The summed E-state index contributed by atoms with van der Waals surface area (Å²) in [6.45, 7) is 9.77. The average Bonchev–Trinajstić information content (AvgIpc) is 3.29.